The van der Waals surface area contributed by atoms with Crippen LogP contribution in [0.15, 0.2) is 60.7 Å². The molecule has 1 N–H and O–H groups in total. The van der Waals surface area contributed by atoms with Gasteiger partial charge in [-0.1, -0.05) is 60.7 Å². The number of rotatable bonds is 14. The lowest BCUT2D eigenvalue weighted by molar-refractivity contribution is -0.141. The summed E-state index contributed by atoms with van der Waals surface area (Å²) in [5, 5.41) is 2.92. The zero-order valence-corrected chi connectivity index (χ0v) is 21.0. The van der Waals surface area contributed by atoms with Gasteiger partial charge >= 0.3 is 0 Å². The van der Waals surface area contributed by atoms with Crippen molar-refractivity contribution >= 4 is 21.8 Å². The van der Waals surface area contributed by atoms with Gasteiger partial charge in [0.25, 0.3) is 0 Å². The highest BCUT2D eigenvalue weighted by molar-refractivity contribution is 7.88. The summed E-state index contributed by atoms with van der Waals surface area (Å²) in [6.45, 7) is 3.30. The molecule has 2 amide bonds. The van der Waals surface area contributed by atoms with Crippen LogP contribution < -0.4 is 5.32 Å². The number of hydrogen-bond donors (Lipinski definition) is 1. The number of nitrogens with one attached hydrogen (secondary N) is 1. The molecule has 0 bridgehead atoms. The third kappa shape index (κ3) is 9.24. The number of amides is 2. The van der Waals surface area contributed by atoms with Gasteiger partial charge in [0.05, 0.1) is 12.8 Å². The Morgan fingerprint density at radius 3 is 2.15 bits per heavy atom. The number of likely N-dealkylation sites (N-methyl/N-ethyl adjacent to an activating group) is 1. The second kappa shape index (κ2) is 13.8. The molecule has 0 spiro atoms. The van der Waals surface area contributed by atoms with E-state index in [1.54, 1.807) is 0 Å². The summed E-state index contributed by atoms with van der Waals surface area (Å²) in [6.07, 6.45) is 2.01. The molecular weight excluding hydrogens is 454 g/mol. The fraction of sp³-hybridized carbons (Fsp3) is 0.440. The summed E-state index contributed by atoms with van der Waals surface area (Å²) in [5.41, 5.74) is 1.75. The van der Waals surface area contributed by atoms with E-state index in [1.807, 2.05) is 67.6 Å². The zero-order valence-electron chi connectivity index (χ0n) is 20.1. The first kappa shape index (κ1) is 27.5. The van der Waals surface area contributed by atoms with Crippen LogP contribution in [0.1, 0.15) is 24.5 Å². The van der Waals surface area contributed by atoms with Gasteiger partial charge in [-0.2, -0.15) is 4.31 Å². The quantitative estimate of drug-likeness (QED) is 0.410. The predicted octanol–water partition coefficient (Wildman–Crippen LogP) is 2.06. The molecule has 2 aromatic rings. The van der Waals surface area contributed by atoms with Gasteiger partial charge in [0.15, 0.2) is 0 Å². The average molecular weight is 490 g/mol. The van der Waals surface area contributed by atoms with Crippen LogP contribution >= 0.6 is 0 Å². The minimum atomic E-state index is -3.56. The van der Waals surface area contributed by atoms with Gasteiger partial charge in [-0.05, 0) is 24.5 Å². The van der Waals surface area contributed by atoms with E-state index in [4.69, 9.17) is 4.74 Å². The number of ether oxygens (including phenoxy) is 1. The lowest BCUT2D eigenvalue weighted by atomic mass is 10.0. The summed E-state index contributed by atoms with van der Waals surface area (Å²) in [5.74, 6) is -0.728. The Hall–Kier alpha value is -2.75. The van der Waals surface area contributed by atoms with Crippen LogP contribution in [0.4, 0.5) is 0 Å². The first-order chi connectivity index (χ1) is 16.2. The van der Waals surface area contributed by atoms with E-state index in [9.17, 15) is 18.0 Å². The Bertz CT molecular complexity index is 1000. The SMILES string of the molecule is CCOCCCNC(=O)[C@H](Cc1ccccc1)N(Cc1ccccc1)C(=O)CN(C)S(C)(=O)=O. The van der Waals surface area contributed by atoms with Crippen molar-refractivity contribution in [2.24, 2.45) is 0 Å². The van der Waals surface area contributed by atoms with Crippen LogP contribution in [0.5, 0.6) is 0 Å². The van der Waals surface area contributed by atoms with Crippen molar-refractivity contribution in [2.45, 2.75) is 32.4 Å². The van der Waals surface area contributed by atoms with Crippen molar-refractivity contribution in [3.8, 4) is 0 Å². The van der Waals surface area contributed by atoms with Crippen molar-refractivity contribution in [3.05, 3.63) is 71.8 Å². The molecule has 0 saturated carbocycles. The molecule has 0 aliphatic rings. The minimum Gasteiger partial charge on any atom is -0.382 e. The number of benzene rings is 2. The molecule has 0 aromatic heterocycles. The van der Waals surface area contributed by atoms with E-state index in [1.165, 1.54) is 11.9 Å². The van der Waals surface area contributed by atoms with E-state index in [-0.39, 0.29) is 19.0 Å². The second-order valence-electron chi connectivity index (χ2n) is 8.07. The summed E-state index contributed by atoms with van der Waals surface area (Å²) < 4.78 is 30.2. The van der Waals surface area contributed by atoms with Gasteiger partial charge in [0.1, 0.15) is 6.04 Å². The maximum absolute atomic E-state index is 13.4. The Balaban J connectivity index is 2.32. The maximum Gasteiger partial charge on any atom is 0.243 e. The molecule has 0 aliphatic carbocycles. The standard InChI is InChI=1S/C25H35N3O5S/c1-4-33-17-11-16-26-25(30)23(18-21-12-7-5-8-13-21)28(19-22-14-9-6-10-15-22)24(29)20-27(2)34(3,31)32/h5-10,12-15,23H,4,11,16-20H2,1-3H3,(H,26,30)/t23-/m0/s1. The van der Waals surface area contributed by atoms with E-state index < -0.39 is 22.0 Å². The van der Waals surface area contributed by atoms with Crippen LogP contribution in [0, 0.1) is 0 Å². The smallest absolute Gasteiger partial charge is 0.243 e. The highest BCUT2D eigenvalue weighted by atomic mass is 32.2. The molecule has 0 unspecified atom stereocenters. The monoisotopic (exact) mass is 489 g/mol. The van der Waals surface area contributed by atoms with Crippen molar-refractivity contribution in [2.75, 3.05) is 39.6 Å². The van der Waals surface area contributed by atoms with E-state index in [0.717, 1.165) is 21.7 Å². The number of carbonyl (C=O) groups excluding carboxylic acids is 2. The Morgan fingerprint density at radius 1 is 1.00 bits per heavy atom. The van der Waals surface area contributed by atoms with Crippen molar-refractivity contribution < 1.29 is 22.7 Å². The summed E-state index contributed by atoms with van der Waals surface area (Å²) in [6, 6.07) is 18.0. The molecule has 186 valence electrons. The summed E-state index contributed by atoms with van der Waals surface area (Å²) >= 11 is 0. The molecule has 0 radical (unpaired) electrons. The summed E-state index contributed by atoms with van der Waals surface area (Å²) in [7, 11) is -2.21. The van der Waals surface area contributed by atoms with Gasteiger partial charge in [0.2, 0.25) is 21.8 Å². The van der Waals surface area contributed by atoms with Gasteiger partial charge in [0, 0.05) is 39.8 Å². The molecule has 34 heavy (non-hydrogen) atoms. The lowest BCUT2D eigenvalue weighted by Crippen LogP contribution is -2.53. The highest BCUT2D eigenvalue weighted by Gasteiger charge is 2.31. The van der Waals surface area contributed by atoms with Gasteiger partial charge in [-0.25, -0.2) is 8.42 Å². The van der Waals surface area contributed by atoms with Crippen LogP contribution in [0.2, 0.25) is 0 Å². The number of nitrogens with zero attached hydrogens (tertiary/aromatic N) is 2. The van der Waals surface area contributed by atoms with Gasteiger partial charge < -0.3 is 15.0 Å². The molecule has 8 nitrogen and oxygen atoms in total. The largest absolute Gasteiger partial charge is 0.382 e. The number of carbonyl (C=O) groups is 2. The molecule has 1 atom stereocenters. The molecule has 9 heteroatoms. The normalized spacial score (nSPS) is 12.4. The fourth-order valence-corrected chi connectivity index (χ4v) is 3.73. The third-order valence-electron chi connectivity index (χ3n) is 5.36. The maximum atomic E-state index is 13.4. The van der Waals surface area contributed by atoms with Crippen LogP contribution in [-0.2, 0) is 37.3 Å². The zero-order chi connectivity index (χ0) is 25.0. The number of sulfonamides is 1. The van der Waals surface area contributed by atoms with Crippen molar-refractivity contribution in [1.82, 2.24) is 14.5 Å². The van der Waals surface area contributed by atoms with Crippen LogP contribution in [0.25, 0.3) is 0 Å². The lowest BCUT2D eigenvalue weighted by Gasteiger charge is -2.32. The highest BCUT2D eigenvalue weighted by Crippen LogP contribution is 2.15. The molecule has 2 aromatic carbocycles. The molecule has 0 saturated heterocycles. The molecule has 0 fully saturated rings. The first-order valence-corrected chi connectivity index (χ1v) is 13.2. The molecule has 0 aliphatic heterocycles. The molecular formula is C25H35N3O5S. The predicted molar refractivity (Wildman–Crippen MR) is 133 cm³/mol. The number of hydrogen-bond acceptors (Lipinski definition) is 5. The van der Waals surface area contributed by atoms with E-state index in [0.29, 0.717) is 32.6 Å². The van der Waals surface area contributed by atoms with Gasteiger partial charge in [-0.15, -0.1) is 0 Å². The third-order valence-corrected chi connectivity index (χ3v) is 6.62. The Labute approximate surface area is 202 Å². The van der Waals surface area contributed by atoms with Gasteiger partial charge in [-0.3, -0.25) is 9.59 Å². The topological polar surface area (TPSA) is 96.0 Å². The van der Waals surface area contributed by atoms with Crippen molar-refractivity contribution in [3.63, 3.8) is 0 Å². The van der Waals surface area contributed by atoms with E-state index in [2.05, 4.69) is 5.32 Å². The molecule has 2 rings (SSSR count). The minimum absolute atomic E-state index is 0.182. The first-order valence-electron chi connectivity index (χ1n) is 11.4. The fourth-order valence-electron chi connectivity index (χ4n) is 3.38. The Morgan fingerprint density at radius 2 is 1.59 bits per heavy atom. The van der Waals surface area contributed by atoms with Crippen LogP contribution in [0.3, 0.4) is 0 Å². The Kier molecular flexibility index (Phi) is 11.2. The van der Waals surface area contributed by atoms with Crippen molar-refractivity contribution in [1.29, 1.82) is 0 Å². The second-order valence-corrected chi connectivity index (χ2v) is 10.2. The van der Waals surface area contributed by atoms with Crippen LogP contribution in [-0.4, -0.2) is 75.1 Å². The average Bonchev–Trinajstić information content (AvgIpc) is 2.81. The summed E-state index contributed by atoms with van der Waals surface area (Å²) in [4.78, 5) is 28.2. The van der Waals surface area contributed by atoms with E-state index >= 15 is 0 Å². The molecule has 0 heterocycles.